The van der Waals surface area contributed by atoms with Crippen LogP contribution in [0.5, 0.6) is 5.75 Å². The number of hydrogen-bond donors (Lipinski definition) is 2. The minimum Gasteiger partial charge on any atom is -0.497 e. The lowest BCUT2D eigenvalue weighted by atomic mass is 10.1. The molecule has 3 aromatic rings. The van der Waals surface area contributed by atoms with Crippen LogP contribution in [0.2, 0.25) is 0 Å². The fourth-order valence-corrected chi connectivity index (χ4v) is 2.80. The molecule has 6 nitrogen and oxygen atoms in total. The molecule has 0 atom stereocenters. The second kappa shape index (κ2) is 9.60. The number of benzene rings is 2. The van der Waals surface area contributed by atoms with Crippen LogP contribution in [0, 0.1) is 6.92 Å². The molecule has 28 heavy (non-hydrogen) atoms. The Hall–Kier alpha value is -3.28. The highest BCUT2D eigenvalue weighted by atomic mass is 16.5. The normalized spacial score (nSPS) is 11.3. The molecule has 2 N–H and O–H groups in total. The smallest absolute Gasteiger partial charge is 0.191 e. The van der Waals surface area contributed by atoms with Crippen LogP contribution in [0.4, 0.5) is 0 Å². The van der Waals surface area contributed by atoms with Crippen LogP contribution >= 0.6 is 0 Å². The van der Waals surface area contributed by atoms with Crippen LogP contribution in [0.15, 0.2) is 65.8 Å². The largest absolute Gasteiger partial charge is 0.497 e. The number of rotatable bonds is 7. The van der Waals surface area contributed by atoms with Crippen molar-refractivity contribution in [2.75, 3.05) is 13.7 Å². The summed E-state index contributed by atoms with van der Waals surface area (Å²) >= 11 is 0. The molecule has 0 saturated heterocycles. The summed E-state index contributed by atoms with van der Waals surface area (Å²) in [5, 5.41) is 11.3. The van der Waals surface area contributed by atoms with Crippen molar-refractivity contribution in [2.45, 2.75) is 26.9 Å². The molecule has 0 saturated carbocycles. The molecule has 0 unspecified atom stereocenters. The van der Waals surface area contributed by atoms with Gasteiger partial charge in [0.25, 0.3) is 0 Å². The Balaban J connectivity index is 1.63. The van der Waals surface area contributed by atoms with E-state index in [4.69, 9.17) is 4.74 Å². The van der Waals surface area contributed by atoms with Gasteiger partial charge in [-0.2, -0.15) is 5.10 Å². The fourth-order valence-electron chi connectivity index (χ4n) is 2.80. The van der Waals surface area contributed by atoms with E-state index >= 15 is 0 Å². The fraction of sp³-hybridized carbons (Fsp3) is 0.273. The van der Waals surface area contributed by atoms with E-state index < -0.39 is 0 Å². The number of hydrogen-bond acceptors (Lipinski definition) is 3. The maximum atomic E-state index is 5.20. The molecule has 2 aromatic carbocycles. The van der Waals surface area contributed by atoms with Crippen LogP contribution in [0.1, 0.15) is 23.7 Å². The van der Waals surface area contributed by atoms with Gasteiger partial charge in [0, 0.05) is 12.7 Å². The average molecular weight is 377 g/mol. The number of methoxy groups -OCH3 is 1. The zero-order valence-corrected chi connectivity index (χ0v) is 16.6. The summed E-state index contributed by atoms with van der Waals surface area (Å²) in [6.45, 7) is 6.21. The van der Waals surface area contributed by atoms with E-state index in [0.29, 0.717) is 13.1 Å². The van der Waals surface area contributed by atoms with Gasteiger partial charge in [-0.1, -0.05) is 24.3 Å². The molecule has 1 aromatic heterocycles. The van der Waals surface area contributed by atoms with Crippen LogP contribution in [0.3, 0.4) is 0 Å². The molecule has 0 bridgehead atoms. The number of guanidine groups is 1. The molecule has 0 aliphatic carbocycles. The molecule has 0 aliphatic heterocycles. The predicted molar refractivity (Wildman–Crippen MR) is 113 cm³/mol. The summed E-state index contributed by atoms with van der Waals surface area (Å²) in [5.74, 6) is 1.61. The summed E-state index contributed by atoms with van der Waals surface area (Å²) in [6, 6.07) is 18.1. The lowest BCUT2D eigenvalue weighted by molar-refractivity contribution is 0.414. The van der Waals surface area contributed by atoms with Crippen LogP contribution in [-0.2, 0) is 13.1 Å². The average Bonchev–Trinajstić information content (AvgIpc) is 3.20. The molecule has 0 fully saturated rings. The van der Waals surface area contributed by atoms with Gasteiger partial charge in [-0.3, -0.25) is 0 Å². The Labute approximate surface area is 166 Å². The summed E-state index contributed by atoms with van der Waals surface area (Å²) in [7, 11) is 1.66. The molecule has 0 amide bonds. The monoisotopic (exact) mass is 377 g/mol. The summed E-state index contributed by atoms with van der Waals surface area (Å²) in [6.07, 6.45) is 1.95. The van der Waals surface area contributed by atoms with Gasteiger partial charge in [0.15, 0.2) is 5.96 Å². The van der Waals surface area contributed by atoms with Crippen LogP contribution in [0.25, 0.3) is 5.69 Å². The van der Waals surface area contributed by atoms with E-state index in [2.05, 4.69) is 46.7 Å². The standard InChI is InChI=1S/C22H27N5O/c1-4-23-22(24-15-18-8-6-5-7-17(18)2)25-16-19-13-14-27(26-19)20-9-11-21(28-3)12-10-20/h5-14H,4,15-16H2,1-3H3,(H2,23,24,25). The van der Waals surface area contributed by atoms with E-state index in [1.54, 1.807) is 7.11 Å². The van der Waals surface area contributed by atoms with Crippen molar-refractivity contribution in [1.82, 2.24) is 20.4 Å². The van der Waals surface area contributed by atoms with Crippen molar-refractivity contribution in [3.63, 3.8) is 0 Å². The van der Waals surface area contributed by atoms with Gasteiger partial charge in [0.1, 0.15) is 5.75 Å². The maximum Gasteiger partial charge on any atom is 0.191 e. The number of ether oxygens (including phenoxy) is 1. The van der Waals surface area contributed by atoms with Crippen LogP contribution in [-0.4, -0.2) is 29.4 Å². The van der Waals surface area contributed by atoms with E-state index in [0.717, 1.165) is 29.6 Å². The van der Waals surface area contributed by atoms with E-state index in [-0.39, 0.29) is 0 Å². The maximum absolute atomic E-state index is 5.20. The second-order valence-electron chi connectivity index (χ2n) is 6.42. The first-order valence-corrected chi connectivity index (χ1v) is 9.45. The van der Waals surface area contributed by atoms with E-state index in [1.165, 1.54) is 11.1 Å². The Morgan fingerprint density at radius 2 is 1.86 bits per heavy atom. The van der Waals surface area contributed by atoms with Crippen molar-refractivity contribution >= 4 is 5.96 Å². The quantitative estimate of drug-likeness (QED) is 0.489. The first-order valence-electron chi connectivity index (χ1n) is 9.45. The topological polar surface area (TPSA) is 63.5 Å². The number of nitrogens with zero attached hydrogens (tertiary/aromatic N) is 3. The number of nitrogens with one attached hydrogen (secondary N) is 2. The Morgan fingerprint density at radius 1 is 1.07 bits per heavy atom. The summed E-state index contributed by atoms with van der Waals surface area (Å²) < 4.78 is 7.06. The molecular formula is C22H27N5O. The number of aliphatic imine (C=N–C) groups is 1. The summed E-state index contributed by atoms with van der Waals surface area (Å²) in [5.41, 5.74) is 4.41. The third-order valence-electron chi connectivity index (χ3n) is 4.43. The van der Waals surface area contributed by atoms with Crippen LogP contribution < -0.4 is 15.4 Å². The van der Waals surface area contributed by atoms with Gasteiger partial charge in [0.2, 0.25) is 0 Å². The van der Waals surface area contributed by atoms with Gasteiger partial charge >= 0.3 is 0 Å². The summed E-state index contributed by atoms with van der Waals surface area (Å²) in [4.78, 5) is 4.69. The van der Waals surface area contributed by atoms with Crippen molar-refractivity contribution in [3.8, 4) is 11.4 Å². The van der Waals surface area contributed by atoms with Gasteiger partial charge in [-0.05, 0) is 55.3 Å². The number of aryl methyl sites for hydroxylation is 1. The predicted octanol–water partition coefficient (Wildman–Crippen LogP) is 3.44. The second-order valence-corrected chi connectivity index (χ2v) is 6.42. The first-order chi connectivity index (χ1) is 13.7. The lowest BCUT2D eigenvalue weighted by Crippen LogP contribution is -2.36. The molecule has 3 rings (SSSR count). The lowest BCUT2D eigenvalue weighted by Gasteiger charge is -2.11. The van der Waals surface area contributed by atoms with Crippen molar-refractivity contribution in [1.29, 1.82) is 0 Å². The van der Waals surface area contributed by atoms with Crippen molar-refractivity contribution < 1.29 is 4.74 Å². The third kappa shape index (κ3) is 5.13. The molecule has 0 aliphatic rings. The van der Waals surface area contributed by atoms with Crippen molar-refractivity contribution in [2.24, 2.45) is 4.99 Å². The SMILES string of the molecule is CCNC(=NCc1ccccc1C)NCc1ccn(-c2ccc(OC)cc2)n1. The minimum absolute atomic E-state index is 0.600. The molecule has 1 heterocycles. The zero-order chi connectivity index (χ0) is 19.8. The van der Waals surface area contributed by atoms with Gasteiger partial charge in [-0.25, -0.2) is 9.67 Å². The number of aromatic nitrogens is 2. The van der Waals surface area contributed by atoms with Gasteiger partial charge in [0.05, 0.1) is 31.6 Å². The highest BCUT2D eigenvalue weighted by molar-refractivity contribution is 5.79. The first kappa shape index (κ1) is 19.5. The Bertz CT molecular complexity index is 915. The van der Waals surface area contributed by atoms with Gasteiger partial charge < -0.3 is 15.4 Å². The highest BCUT2D eigenvalue weighted by Gasteiger charge is 2.04. The molecule has 0 spiro atoms. The van der Waals surface area contributed by atoms with E-state index in [9.17, 15) is 0 Å². The zero-order valence-electron chi connectivity index (χ0n) is 16.6. The third-order valence-corrected chi connectivity index (χ3v) is 4.43. The highest BCUT2D eigenvalue weighted by Crippen LogP contribution is 2.14. The molecule has 0 radical (unpaired) electrons. The minimum atomic E-state index is 0.600. The molecule has 6 heteroatoms. The van der Waals surface area contributed by atoms with Gasteiger partial charge in [-0.15, -0.1) is 0 Å². The Morgan fingerprint density at radius 3 is 2.57 bits per heavy atom. The van der Waals surface area contributed by atoms with Crippen molar-refractivity contribution in [3.05, 3.63) is 77.6 Å². The van der Waals surface area contributed by atoms with E-state index in [1.807, 2.05) is 53.3 Å². The molecule has 146 valence electrons. The Kier molecular flexibility index (Phi) is 6.68. The molecular weight excluding hydrogens is 350 g/mol.